The zero-order chi connectivity index (χ0) is 31.8. The third-order valence-corrected chi connectivity index (χ3v) is 5.98. The van der Waals surface area contributed by atoms with E-state index in [0.717, 1.165) is 47.7 Å². The molecule has 230 valence electrons. The fourth-order valence-electron chi connectivity index (χ4n) is 3.91. The average molecular weight is 614 g/mol. The van der Waals surface area contributed by atoms with Crippen LogP contribution in [0.1, 0.15) is 16.7 Å². The Hall–Kier alpha value is -4.79. The lowest BCUT2D eigenvalue weighted by molar-refractivity contribution is -0.193. The van der Waals surface area contributed by atoms with Crippen molar-refractivity contribution in [3.8, 4) is 17.2 Å². The van der Waals surface area contributed by atoms with Crippen LogP contribution < -0.4 is 14.8 Å². The number of H-pyrrole nitrogens is 1. The summed E-state index contributed by atoms with van der Waals surface area (Å²) in [6.07, 6.45) is -6.37. The zero-order valence-electron chi connectivity index (χ0n) is 22.3. The molecule has 4 aromatic rings. The maximum atomic E-state index is 10.6. The number of carboxylic acid groups (broad SMARTS) is 2. The van der Waals surface area contributed by atoms with E-state index in [0.29, 0.717) is 6.04 Å². The lowest BCUT2D eigenvalue weighted by atomic mass is 10.1. The maximum absolute atomic E-state index is 10.6. The van der Waals surface area contributed by atoms with Crippen molar-refractivity contribution in [2.45, 2.75) is 37.8 Å². The van der Waals surface area contributed by atoms with Gasteiger partial charge in [-0.15, -0.1) is 0 Å². The van der Waals surface area contributed by atoms with Crippen LogP contribution in [-0.4, -0.2) is 57.6 Å². The summed E-state index contributed by atoms with van der Waals surface area (Å²) in [7, 11) is 1.72. The van der Waals surface area contributed by atoms with Gasteiger partial charge in [-0.1, -0.05) is 18.2 Å². The molecule has 0 spiro atoms. The van der Waals surface area contributed by atoms with E-state index in [1.807, 2.05) is 36.4 Å². The van der Waals surface area contributed by atoms with Crippen LogP contribution in [0.2, 0.25) is 0 Å². The van der Waals surface area contributed by atoms with Gasteiger partial charge in [0.05, 0.1) is 24.5 Å². The summed E-state index contributed by atoms with van der Waals surface area (Å²) >= 11 is 0. The molecular weight excluding hydrogens is 588 g/mol. The van der Waals surface area contributed by atoms with Crippen LogP contribution in [0, 0.1) is 0 Å². The number of hydrogen-bond donors (Lipinski definition) is 4. The Labute approximate surface area is 240 Å². The van der Waals surface area contributed by atoms with Crippen molar-refractivity contribution in [1.82, 2.24) is 15.3 Å². The molecular formula is C28H25F6N3O6. The summed E-state index contributed by atoms with van der Waals surface area (Å²) in [4.78, 5) is 25.1. The van der Waals surface area contributed by atoms with E-state index in [-0.39, 0.29) is 0 Å². The minimum absolute atomic E-state index is 0.466. The van der Waals surface area contributed by atoms with Crippen LogP contribution in [0.3, 0.4) is 0 Å². The van der Waals surface area contributed by atoms with E-state index in [2.05, 4.69) is 39.6 Å². The number of methoxy groups -OCH3 is 1. The minimum Gasteiger partial charge on any atom is -0.497 e. The van der Waals surface area contributed by atoms with Crippen molar-refractivity contribution in [2.24, 2.45) is 0 Å². The number of fused-ring (bicyclic) bond motifs is 2. The Kier molecular flexibility index (Phi) is 10.6. The van der Waals surface area contributed by atoms with E-state index in [1.165, 1.54) is 16.7 Å². The van der Waals surface area contributed by atoms with E-state index >= 15 is 0 Å². The first-order valence-electron chi connectivity index (χ1n) is 12.3. The highest BCUT2D eigenvalue weighted by Crippen LogP contribution is 2.27. The molecule has 9 nitrogen and oxygen atoms in total. The Morgan fingerprint density at radius 1 is 0.860 bits per heavy atom. The van der Waals surface area contributed by atoms with Gasteiger partial charge in [0.15, 0.2) is 0 Å². The molecule has 0 aliphatic heterocycles. The van der Waals surface area contributed by atoms with Gasteiger partial charge in [0, 0.05) is 18.7 Å². The van der Waals surface area contributed by atoms with Gasteiger partial charge in [-0.05, 0) is 65.9 Å². The first kappa shape index (κ1) is 32.7. The van der Waals surface area contributed by atoms with Crippen LogP contribution >= 0.6 is 0 Å². The van der Waals surface area contributed by atoms with Gasteiger partial charge in [0.1, 0.15) is 17.2 Å². The number of aliphatic carboxylic acids is 2. The molecule has 1 aliphatic carbocycles. The number of aromatic nitrogens is 2. The lowest BCUT2D eigenvalue weighted by Gasteiger charge is -2.12. The van der Waals surface area contributed by atoms with Gasteiger partial charge >= 0.3 is 24.3 Å². The summed E-state index contributed by atoms with van der Waals surface area (Å²) in [5.74, 6) is -2.97. The second-order valence-corrected chi connectivity index (χ2v) is 9.05. The molecule has 1 heterocycles. The van der Waals surface area contributed by atoms with Crippen molar-refractivity contribution in [1.29, 1.82) is 0 Å². The van der Waals surface area contributed by atoms with Gasteiger partial charge in [-0.25, -0.2) is 14.6 Å². The number of carbonyl (C=O) groups is 2. The number of ether oxygens (including phenoxy) is 2. The average Bonchev–Trinajstić information content (AvgIpc) is 3.58. The van der Waals surface area contributed by atoms with Gasteiger partial charge in [0.25, 0.3) is 0 Å². The SMILES string of the molecule is COc1ccc2c(c1)CC(NCc1ccc(Oc3ccc4[nH]cnc4c3)cc1)C2.O=C(O)C(F)(F)F.O=C(O)C(F)(F)F. The van der Waals surface area contributed by atoms with Crippen molar-refractivity contribution in [3.63, 3.8) is 0 Å². The summed E-state index contributed by atoms with van der Waals surface area (Å²) in [6.45, 7) is 0.843. The summed E-state index contributed by atoms with van der Waals surface area (Å²) in [5.41, 5.74) is 5.96. The molecule has 5 rings (SSSR count). The number of carboxylic acids is 2. The lowest BCUT2D eigenvalue weighted by Crippen LogP contribution is -2.28. The number of nitrogens with one attached hydrogen (secondary N) is 2. The largest absolute Gasteiger partial charge is 0.497 e. The fraction of sp³-hybridized carbons (Fsp3) is 0.250. The van der Waals surface area contributed by atoms with Crippen molar-refractivity contribution >= 4 is 23.0 Å². The van der Waals surface area contributed by atoms with Crippen molar-refractivity contribution in [2.75, 3.05) is 7.11 Å². The number of halogens is 6. The normalized spacial score (nSPS) is 14.1. The maximum Gasteiger partial charge on any atom is 0.490 e. The fourth-order valence-corrected chi connectivity index (χ4v) is 3.91. The standard InChI is InChI=1S/C24H23N3O2.2C2HF3O2/c1-28-21-7-4-17-10-19(11-18(17)12-21)25-14-16-2-5-20(6-3-16)29-22-8-9-23-24(13-22)27-15-26-23;2*3-2(4,5)1(6)7/h2-9,12-13,15,19,25H,10-11,14H2,1H3,(H,26,27);2*(H,6,7). The van der Waals surface area contributed by atoms with Crippen LogP contribution in [0.15, 0.2) is 67.0 Å². The Morgan fingerprint density at radius 2 is 1.42 bits per heavy atom. The van der Waals surface area contributed by atoms with Crippen LogP contribution in [0.4, 0.5) is 26.3 Å². The molecule has 1 unspecified atom stereocenters. The van der Waals surface area contributed by atoms with Crippen molar-refractivity contribution in [3.05, 3.63) is 83.7 Å². The Bertz CT molecular complexity index is 1510. The molecule has 0 radical (unpaired) electrons. The number of alkyl halides is 6. The van der Waals surface area contributed by atoms with E-state index in [9.17, 15) is 26.3 Å². The Morgan fingerprint density at radius 3 is 2.00 bits per heavy atom. The van der Waals surface area contributed by atoms with Crippen molar-refractivity contribution < 1.29 is 55.6 Å². The van der Waals surface area contributed by atoms with Gasteiger partial charge in [-0.3, -0.25) is 0 Å². The molecule has 43 heavy (non-hydrogen) atoms. The molecule has 0 saturated heterocycles. The minimum atomic E-state index is -5.08. The number of hydrogen-bond acceptors (Lipinski definition) is 6. The number of aromatic amines is 1. The van der Waals surface area contributed by atoms with Crippen LogP contribution in [0.5, 0.6) is 17.2 Å². The first-order chi connectivity index (χ1) is 20.2. The Balaban J connectivity index is 0.000000303. The molecule has 1 aromatic heterocycles. The van der Waals surface area contributed by atoms with E-state index < -0.39 is 24.3 Å². The summed E-state index contributed by atoms with van der Waals surface area (Å²) in [5, 5.41) is 17.9. The highest BCUT2D eigenvalue weighted by Gasteiger charge is 2.38. The molecule has 1 atom stereocenters. The second kappa shape index (κ2) is 13.9. The topological polar surface area (TPSA) is 134 Å². The summed E-state index contributed by atoms with van der Waals surface area (Å²) in [6, 6.07) is 21.0. The highest BCUT2D eigenvalue weighted by atomic mass is 19.4. The van der Waals surface area contributed by atoms with E-state index in [4.69, 9.17) is 29.3 Å². The third-order valence-electron chi connectivity index (χ3n) is 5.98. The predicted octanol–water partition coefficient (Wildman–Crippen LogP) is 5.89. The molecule has 3 aromatic carbocycles. The summed E-state index contributed by atoms with van der Waals surface area (Å²) < 4.78 is 74.8. The second-order valence-electron chi connectivity index (χ2n) is 9.05. The molecule has 15 heteroatoms. The number of nitrogens with zero attached hydrogens (tertiary/aromatic N) is 1. The van der Waals surface area contributed by atoms with Gasteiger partial charge in [-0.2, -0.15) is 26.3 Å². The monoisotopic (exact) mass is 613 g/mol. The third kappa shape index (κ3) is 9.92. The zero-order valence-corrected chi connectivity index (χ0v) is 22.3. The smallest absolute Gasteiger partial charge is 0.490 e. The molecule has 0 saturated carbocycles. The van der Waals surface area contributed by atoms with E-state index in [1.54, 1.807) is 13.4 Å². The quantitative estimate of drug-likeness (QED) is 0.198. The van der Waals surface area contributed by atoms with Crippen LogP contribution in [-0.2, 0) is 29.0 Å². The van der Waals surface area contributed by atoms with Gasteiger partial charge < -0.3 is 30.0 Å². The molecule has 4 N–H and O–H groups in total. The number of benzene rings is 3. The highest BCUT2D eigenvalue weighted by molar-refractivity contribution is 5.76. The van der Waals surface area contributed by atoms with Gasteiger partial charge in [0.2, 0.25) is 0 Å². The first-order valence-corrected chi connectivity index (χ1v) is 12.3. The predicted molar refractivity (Wildman–Crippen MR) is 141 cm³/mol. The number of imidazole rings is 1. The molecule has 0 amide bonds. The number of rotatable bonds is 6. The molecule has 1 aliphatic rings. The molecule has 0 bridgehead atoms. The van der Waals surface area contributed by atoms with Crippen LogP contribution in [0.25, 0.3) is 11.0 Å². The molecule has 0 fully saturated rings.